The number of thiazole rings is 1. The van der Waals surface area contributed by atoms with Crippen LogP contribution in [0.5, 0.6) is 5.75 Å². The average Bonchev–Trinajstić information content (AvgIpc) is 3.43. The number of fused-ring (bicyclic) bond motifs is 3. The molecule has 1 aromatic carbocycles. The van der Waals surface area contributed by atoms with E-state index in [0.717, 1.165) is 6.42 Å². The smallest absolute Gasteiger partial charge is 0.465 e. The fourth-order valence-electron chi connectivity index (χ4n) is 4.55. The Kier molecular flexibility index (Phi) is 5.17. The minimum atomic E-state index is -4.97. The second kappa shape index (κ2) is 7.73. The van der Waals surface area contributed by atoms with E-state index in [1.165, 1.54) is 29.4 Å². The van der Waals surface area contributed by atoms with Gasteiger partial charge in [-0.05, 0) is 26.3 Å². The van der Waals surface area contributed by atoms with Crippen LogP contribution in [0.3, 0.4) is 0 Å². The number of aromatic nitrogens is 2. The molecule has 34 heavy (non-hydrogen) atoms. The van der Waals surface area contributed by atoms with E-state index in [9.17, 15) is 23.1 Å². The maximum atomic E-state index is 13.4. The number of halogens is 3. The highest BCUT2D eigenvalue weighted by Crippen LogP contribution is 2.46. The summed E-state index contributed by atoms with van der Waals surface area (Å²) in [6.07, 6.45) is -3.65. The van der Waals surface area contributed by atoms with Gasteiger partial charge in [-0.3, -0.25) is 4.90 Å². The SMILES string of the molecule is COC(C)(C)c1cc(-c2nccs2)c2oc(N3CC4CC(C3)N4C(=O)O)nc2c1OC(F)(F)F. The van der Waals surface area contributed by atoms with E-state index >= 15 is 0 Å². The molecule has 0 aliphatic carbocycles. The number of hydrogen-bond donors (Lipinski definition) is 1. The van der Waals surface area contributed by atoms with Gasteiger partial charge in [0.1, 0.15) is 5.01 Å². The van der Waals surface area contributed by atoms with E-state index in [1.54, 1.807) is 30.3 Å². The lowest BCUT2D eigenvalue weighted by atomic mass is 9.88. The number of carbonyl (C=O) groups is 1. The van der Waals surface area contributed by atoms with Crippen molar-refractivity contribution in [3.05, 3.63) is 23.2 Å². The van der Waals surface area contributed by atoms with Crippen LogP contribution in [0.15, 0.2) is 22.1 Å². The van der Waals surface area contributed by atoms with E-state index in [1.807, 2.05) is 0 Å². The minimum absolute atomic E-state index is 0.102. The van der Waals surface area contributed by atoms with Gasteiger partial charge in [-0.2, -0.15) is 4.98 Å². The standard InChI is InChI=1S/C21H21F3N4O5S/c1-20(2,31-3)13-7-12(17-25-4-5-34-17)15-14(16(13)33-21(22,23)24)26-18(32-15)27-8-10-6-11(9-27)28(10)19(29)30/h4-5,7,10-11H,6,8-9H2,1-3H3,(H,29,30). The Hall–Kier alpha value is -3.06. The summed E-state index contributed by atoms with van der Waals surface area (Å²) in [5.41, 5.74) is -0.533. The molecule has 1 amide bonds. The summed E-state index contributed by atoms with van der Waals surface area (Å²) in [5, 5.41) is 11.6. The molecule has 9 nitrogen and oxygen atoms in total. The number of piperidine rings is 1. The van der Waals surface area contributed by atoms with Crippen molar-refractivity contribution in [2.75, 3.05) is 25.1 Å². The Bertz CT molecular complexity index is 1230. The largest absolute Gasteiger partial charge is 0.573 e. The van der Waals surface area contributed by atoms with Gasteiger partial charge in [-0.15, -0.1) is 24.5 Å². The fourth-order valence-corrected chi connectivity index (χ4v) is 5.20. The van der Waals surface area contributed by atoms with Gasteiger partial charge >= 0.3 is 12.5 Å². The fraction of sp³-hybridized carbons (Fsp3) is 0.476. The van der Waals surface area contributed by atoms with E-state index < -0.39 is 23.8 Å². The normalized spacial score (nSPS) is 20.5. The number of methoxy groups -OCH3 is 1. The van der Waals surface area contributed by atoms with Crippen molar-refractivity contribution in [2.45, 2.75) is 44.3 Å². The van der Waals surface area contributed by atoms with Crippen molar-refractivity contribution in [1.82, 2.24) is 14.9 Å². The minimum Gasteiger partial charge on any atom is -0.465 e. The zero-order valence-electron chi connectivity index (χ0n) is 18.4. The Morgan fingerprint density at radius 3 is 2.56 bits per heavy atom. The van der Waals surface area contributed by atoms with Crippen molar-refractivity contribution in [3.63, 3.8) is 0 Å². The highest BCUT2D eigenvalue weighted by atomic mass is 32.1. The first-order valence-electron chi connectivity index (χ1n) is 10.4. The van der Waals surface area contributed by atoms with Gasteiger partial charge in [-0.1, -0.05) is 0 Å². The van der Waals surface area contributed by atoms with Crippen molar-refractivity contribution in [1.29, 1.82) is 0 Å². The third kappa shape index (κ3) is 3.72. The second-order valence-corrected chi connectivity index (χ2v) is 9.61. The van der Waals surface area contributed by atoms with Gasteiger partial charge in [0.25, 0.3) is 6.01 Å². The van der Waals surface area contributed by atoms with E-state index in [0.29, 0.717) is 23.7 Å². The Morgan fingerprint density at radius 2 is 2.00 bits per heavy atom. The van der Waals surface area contributed by atoms with Crippen molar-refractivity contribution < 1.29 is 37.0 Å². The van der Waals surface area contributed by atoms with Crippen LogP contribution in [0.25, 0.3) is 21.7 Å². The van der Waals surface area contributed by atoms with Crippen LogP contribution in [0.4, 0.5) is 24.0 Å². The van der Waals surface area contributed by atoms with Crippen LogP contribution in [0, 0.1) is 0 Å². The number of carboxylic acid groups (broad SMARTS) is 1. The first-order chi connectivity index (χ1) is 16.0. The molecule has 6 rings (SSSR count). The molecule has 3 aliphatic rings. The maximum absolute atomic E-state index is 13.4. The molecule has 1 N–H and O–H groups in total. The van der Waals surface area contributed by atoms with Gasteiger partial charge < -0.3 is 23.9 Å². The van der Waals surface area contributed by atoms with E-state index in [2.05, 4.69) is 14.7 Å². The Labute approximate surface area is 195 Å². The van der Waals surface area contributed by atoms with Crippen molar-refractivity contribution in [2.24, 2.45) is 0 Å². The molecule has 3 aliphatic heterocycles. The van der Waals surface area contributed by atoms with Crippen LogP contribution < -0.4 is 9.64 Å². The summed E-state index contributed by atoms with van der Waals surface area (Å²) >= 11 is 1.30. The number of oxazole rings is 1. The summed E-state index contributed by atoms with van der Waals surface area (Å²) in [6.45, 7) is 3.91. The number of amides is 1. The van der Waals surface area contributed by atoms with Crippen LogP contribution in [0.2, 0.25) is 0 Å². The number of hydrogen-bond acceptors (Lipinski definition) is 8. The molecule has 0 spiro atoms. The third-order valence-corrected chi connectivity index (χ3v) is 7.14. The van der Waals surface area contributed by atoms with Gasteiger partial charge in [0.15, 0.2) is 16.8 Å². The number of ether oxygens (including phenoxy) is 2. The molecule has 5 heterocycles. The van der Waals surface area contributed by atoms with Crippen LogP contribution in [-0.2, 0) is 10.3 Å². The number of nitrogens with zero attached hydrogens (tertiary/aromatic N) is 4. The van der Waals surface area contributed by atoms with Crippen LogP contribution in [-0.4, -0.2) is 64.7 Å². The highest BCUT2D eigenvalue weighted by Gasteiger charge is 2.48. The molecular weight excluding hydrogens is 477 g/mol. The predicted molar refractivity (Wildman–Crippen MR) is 116 cm³/mol. The number of piperazine rings is 1. The molecule has 0 saturated carbocycles. The quantitative estimate of drug-likeness (QED) is 0.542. The zero-order valence-corrected chi connectivity index (χ0v) is 19.2. The maximum Gasteiger partial charge on any atom is 0.573 e. The lowest BCUT2D eigenvalue weighted by Crippen LogP contribution is -2.70. The first kappa shape index (κ1) is 22.7. The van der Waals surface area contributed by atoms with Crippen molar-refractivity contribution in [3.8, 4) is 16.3 Å². The molecule has 2 bridgehead atoms. The molecule has 3 fully saturated rings. The van der Waals surface area contributed by atoms with Gasteiger partial charge in [-0.25, -0.2) is 9.78 Å². The predicted octanol–water partition coefficient (Wildman–Crippen LogP) is 4.67. The number of benzene rings is 1. The molecule has 3 saturated heterocycles. The number of rotatable bonds is 5. The topological polar surface area (TPSA) is 101 Å². The van der Waals surface area contributed by atoms with Crippen molar-refractivity contribution >= 4 is 34.5 Å². The molecule has 2 aromatic heterocycles. The molecule has 182 valence electrons. The zero-order chi connectivity index (χ0) is 24.4. The van der Waals surface area contributed by atoms with Crippen LogP contribution >= 0.6 is 11.3 Å². The average molecular weight is 498 g/mol. The monoisotopic (exact) mass is 498 g/mol. The van der Waals surface area contributed by atoms with Crippen LogP contribution in [0.1, 0.15) is 25.8 Å². The molecule has 0 radical (unpaired) electrons. The lowest BCUT2D eigenvalue weighted by Gasteiger charge is -2.54. The third-order valence-electron chi connectivity index (χ3n) is 6.33. The number of anilines is 1. The van der Waals surface area contributed by atoms with Gasteiger partial charge in [0.2, 0.25) is 0 Å². The van der Waals surface area contributed by atoms with Gasteiger partial charge in [0, 0.05) is 37.3 Å². The Balaban J connectivity index is 1.67. The number of alkyl halides is 3. The Morgan fingerprint density at radius 1 is 1.29 bits per heavy atom. The molecule has 3 aromatic rings. The summed E-state index contributed by atoms with van der Waals surface area (Å²) in [7, 11) is 1.40. The highest BCUT2D eigenvalue weighted by molar-refractivity contribution is 7.13. The van der Waals surface area contributed by atoms with Gasteiger partial charge in [0.05, 0.1) is 23.2 Å². The second-order valence-electron chi connectivity index (χ2n) is 8.71. The summed E-state index contributed by atoms with van der Waals surface area (Å²) in [4.78, 5) is 23.3. The van der Waals surface area contributed by atoms with E-state index in [-0.39, 0.29) is 34.8 Å². The first-order valence-corrected chi connectivity index (χ1v) is 11.3. The molecule has 2 atom stereocenters. The van der Waals surface area contributed by atoms with E-state index in [4.69, 9.17) is 9.15 Å². The molecule has 2 unspecified atom stereocenters. The summed E-state index contributed by atoms with van der Waals surface area (Å²) in [5.74, 6) is -0.501. The lowest BCUT2D eigenvalue weighted by molar-refractivity contribution is -0.274. The molecular formula is C21H21F3N4O5S. The summed E-state index contributed by atoms with van der Waals surface area (Å²) in [6, 6.07) is 1.18. The molecule has 13 heteroatoms. The summed E-state index contributed by atoms with van der Waals surface area (Å²) < 4.78 is 56.3.